The summed E-state index contributed by atoms with van der Waals surface area (Å²) < 4.78 is 0. The van der Waals surface area contributed by atoms with Gasteiger partial charge in [-0.05, 0) is 49.6 Å². The minimum Gasteiger partial charge on any atom is -0.385 e. The minimum atomic E-state index is -0.961. The highest BCUT2D eigenvalue weighted by Crippen LogP contribution is 2.30. The van der Waals surface area contributed by atoms with E-state index in [1.807, 2.05) is 30.5 Å². The zero-order valence-electron chi connectivity index (χ0n) is 22.8. The number of carbonyl (C=O) groups excluding carboxylic acids is 4. The third-order valence-corrected chi connectivity index (χ3v) is 8.33. The van der Waals surface area contributed by atoms with Crippen molar-refractivity contribution in [3.05, 3.63) is 66.0 Å². The van der Waals surface area contributed by atoms with E-state index in [1.54, 1.807) is 35.7 Å². The number of benzene rings is 2. The molecular weight excluding hydrogens is 554 g/mol. The lowest BCUT2D eigenvalue weighted by Gasteiger charge is -2.27. The van der Waals surface area contributed by atoms with Gasteiger partial charge in [-0.3, -0.25) is 34.4 Å². The van der Waals surface area contributed by atoms with Gasteiger partial charge in [-0.25, -0.2) is 9.97 Å². The molecule has 1 unspecified atom stereocenters. The fraction of sp³-hybridized carbons (Fsp3) is 0.300. The first-order valence-corrected chi connectivity index (χ1v) is 14.8. The van der Waals surface area contributed by atoms with Gasteiger partial charge in [-0.1, -0.05) is 36.3 Å². The Balaban J connectivity index is 0.914. The molecule has 12 heteroatoms. The molecule has 0 aliphatic carbocycles. The molecule has 11 nitrogen and oxygen atoms in total. The number of nitrogens with zero attached hydrogens (tertiary/aromatic N) is 4. The first-order valence-electron chi connectivity index (χ1n) is 14.0. The first kappa shape index (κ1) is 27.5. The second kappa shape index (κ2) is 12.0. The maximum absolute atomic E-state index is 13.0. The van der Waals surface area contributed by atoms with E-state index in [2.05, 4.69) is 30.9 Å². The Morgan fingerprint density at radius 3 is 2.43 bits per heavy atom. The maximum atomic E-state index is 13.0. The predicted molar refractivity (Wildman–Crippen MR) is 159 cm³/mol. The Kier molecular flexibility index (Phi) is 7.87. The summed E-state index contributed by atoms with van der Waals surface area (Å²) >= 11 is 1.56. The van der Waals surface area contributed by atoms with Crippen LogP contribution in [-0.2, 0) is 9.59 Å². The summed E-state index contributed by atoms with van der Waals surface area (Å²) in [6, 6.07) is 11.9. The van der Waals surface area contributed by atoms with Crippen LogP contribution in [0.3, 0.4) is 0 Å². The van der Waals surface area contributed by atoms with Crippen LogP contribution in [-0.4, -0.2) is 62.6 Å². The monoisotopic (exact) mass is 583 g/mol. The van der Waals surface area contributed by atoms with Crippen LogP contribution in [0.5, 0.6) is 0 Å². The smallest absolute Gasteiger partial charge is 0.262 e. The number of hydrogen-bond donors (Lipinski definition) is 3. The number of hydrogen-bond acceptors (Lipinski definition) is 10. The molecule has 2 aliphatic rings. The van der Waals surface area contributed by atoms with Crippen molar-refractivity contribution in [2.45, 2.75) is 44.6 Å². The largest absolute Gasteiger partial charge is 0.385 e. The molecule has 0 radical (unpaired) electrons. The number of amides is 4. The Morgan fingerprint density at radius 2 is 1.62 bits per heavy atom. The van der Waals surface area contributed by atoms with Crippen molar-refractivity contribution in [1.29, 1.82) is 0 Å². The normalized spacial score (nSPS) is 16.6. The van der Waals surface area contributed by atoms with Crippen LogP contribution in [0.2, 0.25) is 0 Å². The number of anilines is 2. The average Bonchev–Trinajstić information content (AvgIpc) is 3.57. The zero-order valence-corrected chi connectivity index (χ0v) is 23.6. The standard InChI is InChI=1S/C30H29N7O4S/c38-26-12-11-24(27(39)36-26)37-28(40)19-10-9-18(15-20(19)29(37)41)31-13-5-1-2-6-14-32-30-34-17-25(42-30)23-16-33-21-7-3-4-8-22(21)35-23/h3-4,7-10,15-17,24,31H,1-2,5-6,11-14H2,(H,32,34)(H,36,38,39). The molecule has 1 saturated heterocycles. The average molecular weight is 584 g/mol. The fourth-order valence-corrected chi connectivity index (χ4v) is 5.96. The molecule has 3 N–H and O–H groups in total. The molecule has 4 heterocycles. The summed E-state index contributed by atoms with van der Waals surface area (Å²) in [6.45, 7) is 1.56. The predicted octanol–water partition coefficient (Wildman–Crippen LogP) is 4.24. The molecule has 1 fully saturated rings. The summed E-state index contributed by atoms with van der Waals surface area (Å²) in [7, 11) is 0. The highest BCUT2D eigenvalue weighted by Gasteiger charge is 2.44. The lowest BCUT2D eigenvalue weighted by atomic mass is 10.0. The number of nitrogens with one attached hydrogen (secondary N) is 3. The van der Waals surface area contributed by atoms with Gasteiger partial charge in [-0.15, -0.1) is 0 Å². The van der Waals surface area contributed by atoms with Crippen LogP contribution in [0.25, 0.3) is 21.6 Å². The van der Waals surface area contributed by atoms with Crippen LogP contribution < -0.4 is 16.0 Å². The van der Waals surface area contributed by atoms with Crippen molar-refractivity contribution in [3.8, 4) is 10.6 Å². The van der Waals surface area contributed by atoms with E-state index in [4.69, 9.17) is 0 Å². The van der Waals surface area contributed by atoms with Crippen LogP contribution >= 0.6 is 11.3 Å². The molecule has 2 aromatic heterocycles. The number of fused-ring (bicyclic) bond motifs is 2. The fourth-order valence-electron chi connectivity index (χ4n) is 5.16. The van der Waals surface area contributed by atoms with Crippen LogP contribution in [0.4, 0.5) is 10.8 Å². The molecular formula is C30H29N7O4S. The number of unbranched alkanes of at least 4 members (excludes halogenated alkanes) is 3. The van der Waals surface area contributed by atoms with Gasteiger partial charge >= 0.3 is 0 Å². The molecule has 1 atom stereocenters. The van der Waals surface area contributed by atoms with Gasteiger partial charge < -0.3 is 10.6 Å². The second-order valence-corrected chi connectivity index (χ2v) is 11.3. The molecule has 0 saturated carbocycles. The van der Waals surface area contributed by atoms with Crippen molar-refractivity contribution in [1.82, 2.24) is 25.2 Å². The van der Waals surface area contributed by atoms with Crippen molar-refractivity contribution in [2.75, 3.05) is 23.7 Å². The van der Waals surface area contributed by atoms with Crippen LogP contribution in [0.1, 0.15) is 59.2 Å². The number of aromatic nitrogens is 3. The van der Waals surface area contributed by atoms with E-state index in [0.717, 1.165) is 76.1 Å². The topological polar surface area (TPSA) is 146 Å². The summed E-state index contributed by atoms with van der Waals surface area (Å²) in [4.78, 5) is 65.1. The lowest BCUT2D eigenvalue weighted by molar-refractivity contribution is -0.136. The van der Waals surface area contributed by atoms with Gasteiger partial charge in [0.2, 0.25) is 11.8 Å². The van der Waals surface area contributed by atoms with Crippen LogP contribution in [0.15, 0.2) is 54.9 Å². The van der Waals surface area contributed by atoms with E-state index in [9.17, 15) is 19.2 Å². The molecule has 2 aliphatic heterocycles. The van der Waals surface area contributed by atoms with Crippen molar-refractivity contribution < 1.29 is 19.2 Å². The quantitative estimate of drug-likeness (QED) is 0.174. The molecule has 0 bridgehead atoms. The third-order valence-electron chi connectivity index (χ3n) is 7.36. The molecule has 4 aromatic rings. The number of piperidine rings is 1. The number of rotatable bonds is 11. The maximum Gasteiger partial charge on any atom is 0.262 e. The van der Waals surface area contributed by atoms with Crippen molar-refractivity contribution in [2.24, 2.45) is 0 Å². The summed E-state index contributed by atoms with van der Waals surface area (Å²) in [5.74, 6) is -2.00. The van der Waals surface area contributed by atoms with E-state index < -0.39 is 29.7 Å². The summed E-state index contributed by atoms with van der Waals surface area (Å²) in [5, 5.41) is 9.79. The highest BCUT2D eigenvalue weighted by atomic mass is 32.1. The third kappa shape index (κ3) is 5.70. The number of carbonyl (C=O) groups is 4. The molecule has 214 valence electrons. The Labute approximate surface area is 245 Å². The Bertz CT molecular complexity index is 1690. The van der Waals surface area contributed by atoms with Gasteiger partial charge in [0.05, 0.1) is 33.2 Å². The van der Waals surface area contributed by atoms with Gasteiger partial charge in [0, 0.05) is 31.4 Å². The lowest BCUT2D eigenvalue weighted by Crippen LogP contribution is -2.54. The second-order valence-electron chi connectivity index (χ2n) is 10.2. The number of para-hydroxylation sites is 2. The minimum absolute atomic E-state index is 0.0975. The first-order chi connectivity index (χ1) is 20.5. The summed E-state index contributed by atoms with van der Waals surface area (Å²) in [5.41, 5.74) is 3.86. The number of imide groups is 2. The number of thiazole rings is 1. The zero-order chi connectivity index (χ0) is 29.1. The molecule has 0 spiro atoms. The van der Waals surface area contributed by atoms with Crippen LogP contribution in [0, 0.1) is 0 Å². The van der Waals surface area contributed by atoms with E-state index in [1.165, 1.54) is 0 Å². The molecule has 4 amide bonds. The van der Waals surface area contributed by atoms with Crippen molar-refractivity contribution >= 4 is 56.8 Å². The molecule has 2 aromatic carbocycles. The van der Waals surface area contributed by atoms with E-state index in [0.29, 0.717) is 0 Å². The van der Waals surface area contributed by atoms with Gasteiger partial charge in [0.25, 0.3) is 11.8 Å². The molecule has 42 heavy (non-hydrogen) atoms. The Hall–Kier alpha value is -4.71. The SMILES string of the molecule is O=C1CCC(N2C(=O)c3ccc(NCCCCCCNc4ncc(-c5cnc6ccccc6n5)s4)cc3C2=O)C(=O)N1. The van der Waals surface area contributed by atoms with E-state index >= 15 is 0 Å². The molecule has 6 rings (SSSR count). The van der Waals surface area contributed by atoms with Gasteiger partial charge in [0.15, 0.2) is 5.13 Å². The Morgan fingerprint density at radius 1 is 0.857 bits per heavy atom. The van der Waals surface area contributed by atoms with Gasteiger partial charge in [0.1, 0.15) is 11.7 Å². The van der Waals surface area contributed by atoms with Crippen molar-refractivity contribution in [3.63, 3.8) is 0 Å². The van der Waals surface area contributed by atoms with Gasteiger partial charge in [-0.2, -0.15) is 0 Å². The van der Waals surface area contributed by atoms with E-state index in [-0.39, 0.29) is 24.0 Å². The highest BCUT2D eigenvalue weighted by molar-refractivity contribution is 7.18. The summed E-state index contributed by atoms with van der Waals surface area (Å²) in [6.07, 6.45) is 7.90.